The van der Waals surface area contributed by atoms with Crippen molar-refractivity contribution in [1.29, 1.82) is 0 Å². The lowest BCUT2D eigenvalue weighted by molar-refractivity contribution is 0.574. The van der Waals surface area contributed by atoms with Crippen molar-refractivity contribution in [2.24, 2.45) is 7.05 Å². The van der Waals surface area contributed by atoms with Gasteiger partial charge in [-0.1, -0.05) is 0 Å². The van der Waals surface area contributed by atoms with E-state index in [1.54, 1.807) is 0 Å². The maximum atomic E-state index is 4.70. The van der Waals surface area contributed by atoms with Crippen LogP contribution in [0, 0.1) is 0 Å². The van der Waals surface area contributed by atoms with Crippen LogP contribution in [0.1, 0.15) is 19.3 Å². The van der Waals surface area contributed by atoms with E-state index in [-0.39, 0.29) is 0 Å². The van der Waals surface area contributed by atoms with Crippen LogP contribution in [0.4, 0.5) is 11.8 Å². The zero-order chi connectivity index (χ0) is 13.4. The van der Waals surface area contributed by atoms with E-state index in [1.165, 1.54) is 19.3 Å². The number of anilines is 2. The van der Waals surface area contributed by atoms with Gasteiger partial charge in [0, 0.05) is 34.2 Å². The third-order valence-corrected chi connectivity index (χ3v) is 3.59. The van der Waals surface area contributed by atoms with Crippen molar-refractivity contribution in [2.75, 3.05) is 37.0 Å². The lowest BCUT2D eigenvalue weighted by atomic mass is 10.1. The maximum absolute atomic E-state index is 4.70. The third-order valence-electron chi connectivity index (χ3n) is 3.59. The standard InChI is InChI=1S/C13H20N6/c1-17(2)13-15-11-10(14-9-18(11)3)12(16-13)19-7-5-4-6-8-19/h9H,4-8H2,1-3H3. The molecule has 1 aliphatic heterocycles. The molecule has 1 saturated heterocycles. The fraction of sp³-hybridized carbons (Fsp3) is 0.615. The van der Waals surface area contributed by atoms with Gasteiger partial charge in [-0.15, -0.1) is 0 Å². The summed E-state index contributed by atoms with van der Waals surface area (Å²) in [4.78, 5) is 18.0. The van der Waals surface area contributed by atoms with E-state index in [9.17, 15) is 0 Å². The summed E-state index contributed by atoms with van der Waals surface area (Å²) >= 11 is 0. The molecule has 0 aromatic carbocycles. The van der Waals surface area contributed by atoms with Crippen LogP contribution in [0.25, 0.3) is 11.2 Å². The van der Waals surface area contributed by atoms with Crippen LogP contribution in [-0.2, 0) is 7.05 Å². The largest absolute Gasteiger partial charge is 0.355 e. The maximum Gasteiger partial charge on any atom is 0.228 e. The molecule has 0 saturated carbocycles. The Balaban J connectivity index is 2.14. The minimum Gasteiger partial charge on any atom is -0.355 e. The van der Waals surface area contributed by atoms with Crippen molar-refractivity contribution < 1.29 is 0 Å². The van der Waals surface area contributed by atoms with Crippen LogP contribution < -0.4 is 9.80 Å². The zero-order valence-corrected chi connectivity index (χ0v) is 11.8. The Morgan fingerprint density at radius 1 is 1.11 bits per heavy atom. The number of hydrogen-bond acceptors (Lipinski definition) is 5. The first-order valence-electron chi connectivity index (χ1n) is 6.78. The van der Waals surface area contributed by atoms with E-state index in [1.807, 2.05) is 36.9 Å². The molecular weight excluding hydrogens is 240 g/mol. The number of rotatable bonds is 2. The van der Waals surface area contributed by atoms with E-state index in [2.05, 4.69) is 14.9 Å². The van der Waals surface area contributed by atoms with Gasteiger partial charge in [-0.25, -0.2) is 4.98 Å². The quantitative estimate of drug-likeness (QED) is 0.817. The molecule has 0 spiro atoms. The molecule has 102 valence electrons. The topological polar surface area (TPSA) is 50.1 Å². The van der Waals surface area contributed by atoms with Gasteiger partial charge in [0.15, 0.2) is 17.0 Å². The van der Waals surface area contributed by atoms with Crippen LogP contribution >= 0.6 is 0 Å². The number of imidazole rings is 1. The summed E-state index contributed by atoms with van der Waals surface area (Å²) in [5, 5.41) is 0. The van der Waals surface area contributed by atoms with Crippen LogP contribution in [0.15, 0.2) is 6.33 Å². The van der Waals surface area contributed by atoms with Crippen molar-refractivity contribution in [3.05, 3.63) is 6.33 Å². The third kappa shape index (κ3) is 2.11. The fourth-order valence-electron chi connectivity index (χ4n) is 2.51. The van der Waals surface area contributed by atoms with Crippen molar-refractivity contribution >= 4 is 22.9 Å². The average Bonchev–Trinajstić information content (AvgIpc) is 2.80. The summed E-state index contributed by atoms with van der Waals surface area (Å²) in [5.74, 6) is 1.73. The number of aromatic nitrogens is 4. The van der Waals surface area contributed by atoms with Crippen molar-refractivity contribution in [3.8, 4) is 0 Å². The van der Waals surface area contributed by atoms with Gasteiger partial charge in [0.2, 0.25) is 5.95 Å². The SMILES string of the molecule is CN(C)c1nc(N2CCCCC2)c2ncn(C)c2n1. The molecule has 0 atom stereocenters. The van der Waals surface area contributed by atoms with Gasteiger partial charge in [0.05, 0.1) is 6.33 Å². The zero-order valence-electron chi connectivity index (χ0n) is 11.8. The smallest absolute Gasteiger partial charge is 0.228 e. The Labute approximate surface area is 113 Å². The highest BCUT2D eigenvalue weighted by Gasteiger charge is 2.19. The molecular formula is C13H20N6. The lowest BCUT2D eigenvalue weighted by Gasteiger charge is -2.28. The average molecular weight is 260 g/mol. The fourth-order valence-corrected chi connectivity index (χ4v) is 2.51. The molecule has 2 aromatic rings. The lowest BCUT2D eigenvalue weighted by Crippen LogP contribution is -2.31. The highest BCUT2D eigenvalue weighted by molar-refractivity contribution is 5.85. The van der Waals surface area contributed by atoms with E-state index in [0.717, 1.165) is 36.0 Å². The second-order valence-corrected chi connectivity index (χ2v) is 5.32. The Morgan fingerprint density at radius 2 is 1.84 bits per heavy atom. The van der Waals surface area contributed by atoms with Crippen molar-refractivity contribution in [3.63, 3.8) is 0 Å². The molecule has 3 heterocycles. The van der Waals surface area contributed by atoms with E-state index >= 15 is 0 Å². The highest BCUT2D eigenvalue weighted by atomic mass is 15.3. The van der Waals surface area contributed by atoms with Gasteiger partial charge < -0.3 is 14.4 Å². The van der Waals surface area contributed by atoms with Gasteiger partial charge in [0.1, 0.15) is 0 Å². The second kappa shape index (κ2) is 4.68. The summed E-state index contributed by atoms with van der Waals surface area (Å²) in [5.41, 5.74) is 1.81. The molecule has 3 rings (SSSR count). The first-order valence-corrected chi connectivity index (χ1v) is 6.78. The Kier molecular flexibility index (Phi) is 3.00. The van der Waals surface area contributed by atoms with Crippen molar-refractivity contribution in [2.45, 2.75) is 19.3 Å². The number of fused-ring (bicyclic) bond motifs is 1. The van der Waals surface area contributed by atoms with Gasteiger partial charge >= 0.3 is 0 Å². The van der Waals surface area contributed by atoms with E-state index in [4.69, 9.17) is 4.98 Å². The second-order valence-electron chi connectivity index (χ2n) is 5.32. The minimum absolute atomic E-state index is 0.747. The molecule has 6 nitrogen and oxygen atoms in total. The van der Waals surface area contributed by atoms with Gasteiger partial charge in [-0.3, -0.25) is 0 Å². The number of nitrogens with zero attached hydrogens (tertiary/aromatic N) is 6. The number of hydrogen-bond donors (Lipinski definition) is 0. The van der Waals surface area contributed by atoms with Crippen LogP contribution in [0.2, 0.25) is 0 Å². The normalized spacial score (nSPS) is 16.1. The highest BCUT2D eigenvalue weighted by Crippen LogP contribution is 2.26. The Hall–Kier alpha value is -1.85. The predicted octanol–water partition coefficient (Wildman–Crippen LogP) is 1.42. The van der Waals surface area contributed by atoms with E-state index in [0.29, 0.717) is 0 Å². The predicted molar refractivity (Wildman–Crippen MR) is 76.7 cm³/mol. The molecule has 1 aliphatic rings. The minimum atomic E-state index is 0.747. The van der Waals surface area contributed by atoms with E-state index < -0.39 is 0 Å². The van der Waals surface area contributed by atoms with Gasteiger partial charge in [-0.05, 0) is 19.3 Å². The summed E-state index contributed by atoms with van der Waals surface area (Å²) in [6.45, 7) is 2.13. The molecule has 0 bridgehead atoms. The molecule has 0 radical (unpaired) electrons. The van der Waals surface area contributed by atoms with Gasteiger partial charge in [0.25, 0.3) is 0 Å². The summed E-state index contributed by atoms with van der Waals surface area (Å²) in [6, 6.07) is 0. The Morgan fingerprint density at radius 3 is 2.53 bits per heavy atom. The monoisotopic (exact) mass is 260 g/mol. The Bertz CT molecular complexity index is 582. The first kappa shape index (κ1) is 12.2. The van der Waals surface area contributed by atoms with Gasteiger partial charge in [-0.2, -0.15) is 9.97 Å². The van der Waals surface area contributed by atoms with Crippen LogP contribution in [0.5, 0.6) is 0 Å². The van der Waals surface area contributed by atoms with Crippen LogP contribution in [0.3, 0.4) is 0 Å². The number of aryl methyl sites for hydroxylation is 1. The van der Waals surface area contributed by atoms with Crippen LogP contribution in [-0.4, -0.2) is 46.7 Å². The van der Waals surface area contributed by atoms with Crippen molar-refractivity contribution in [1.82, 2.24) is 19.5 Å². The summed E-state index contributed by atoms with van der Waals surface area (Å²) in [6.07, 6.45) is 5.59. The molecule has 0 N–H and O–H groups in total. The number of piperidine rings is 1. The molecule has 0 amide bonds. The molecule has 2 aromatic heterocycles. The molecule has 1 fully saturated rings. The molecule has 0 aliphatic carbocycles. The molecule has 19 heavy (non-hydrogen) atoms. The first-order chi connectivity index (χ1) is 9.16. The summed E-state index contributed by atoms with van der Waals surface area (Å²) in [7, 11) is 5.91. The molecule has 0 unspecified atom stereocenters. The summed E-state index contributed by atoms with van der Waals surface area (Å²) < 4.78 is 1.96. The molecule has 6 heteroatoms.